The molecule has 0 amide bonds. The number of hydrogen-bond acceptors (Lipinski definition) is 7. The van der Waals surface area contributed by atoms with Gasteiger partial charge in [-0.3, -0.25) is 14.4 Å². The lowest BCUT2D eigenvalue weighted by molar-refractivity contribution is -0.178. The molecule has 4 rings (SSSR count). The molecule has 0 spiro atoms. The van der Waals surface area contributed by atoms with Crippen LogP contribution in [0.25, 0.3) is 5.76 Å². The van der Waals surface area contributed by atoms with Gasteiger partial charge in [-0.2, -0.15) is 0 Å². The SMILES string of the molecule is C#Cc1cc(C(C)C)c2c(c1O)C(O)=C1C(=O)[C@@]3(O)C(O)=C(C(C)=O)C(=O)C(C(C)C)[C@@]3(C)C[C@@]1(C)C2. The Morgan fingerprint density at radius 3 is 2.22 bits per heavy atom. The predicted molar refractivity (Wildman–Crippen MR) is 138 cm³/mol. The van der Waals surface area contributed by atoms with Gasteiger partial charge < -0.3 is 20.4 Å². The number of Topliss-reactive ketones (excluding diaryl/α,β-unsaturated/α-hetero) is 3. The summed E-state index contributed by atoms with van der Waals surface area (Å²) in [6.45, 7) is 11.9. The summed E-state index contributed by atoms with van der Waals surface area (Å²) in [7, 11) is 0. The zero-order chi connectivity index (χ0) is 28.0. The van der Waals surface area contributed by atoms with Crippen LogP contribution in [0.5, 0.6) is 5.75 Å². The summed E-state index contributed by atoms with van der Waals surface area (Å²) < 4.78 is 0. The molecule has 1 aromatic carbocycles. The molecule has 1 aromatic rings. The molecule has 37 heavy (non-hydrogen) atoms. The smallest absolute Gasteiger partial charge is 0.203 e. The fraction of sp³-hybridized carbons (Fsp3) is 0.500. The first-order valence-corrected chi connectivity index (χ1v) is 12.5. The molecule has 0 saturated heterocycles. The topological polar surface area (TPSA) is 132 Å². The van der Waals surface area contributed by atoms with Crippen molar-refractivity contribution in [1.82, 2.24) is 0 Å². The lowest BCUT2D eigenvalue weighted by Gasteiger charge is -2.59. The number of rotatable bonds is 3. The zero-order valence-corrected chi connectivity index (χ0v) is 22.3. The third-order valence-corrected chi connectivity index (χ3v) is 8.82. The molecule has 1 fully saturated rings. The number of aliphatic hydroxyl groups is 3. The lowest BCUT2D eigenvalue weighted by atomic mass is 9.43. The van der Waals surface area contributed by atoms with Crippen LogP contribution in [-0.2, 0) is 20.8 Å². The van der Waals surface area contributed by atoms with Crippen molar-refractivity contribution in [1.29, 1.82) is 0 Å². The minimum absolute atomic E-state index is 0.0176. The molecule has 0 aromatic heterocycles. The number of phenols is 1. The molecule has 1 unspecified atom stereocenters. The van der Waals surface area contributed by atoms with E-state index in [2.05, 4.69) is 5.92 Å². The Bertz CT molecular complexity index is 1390. The van der Waals surface area contributed by atoms with Gasteiger partial charge in [0, 0.05) is 22.3 Å². The van der Waals surface area contributed by atoms with E-state index in [0.717, 1.165) is 12.5 Å². The van der Waals surface area contributed by atoms with Crippen molar-refractivity contribution in [3.63, 3.8) is 0 Å². The van der Waals surface area contributed by atoms with E-state index >= 15 is 0 Å². The van der Waals surface area contributed by atoms with Crippen LogP contribution in [-0.4, -0.2) is 43.4 Å². The Balaban J connectivity index is 2.13. The van der Waals surface area contributed by atoms with Crippen molar-refractivity contribution < 1.29 is 34.8 Å². The zero-order valence-electron chi connectivity index (χ0n) is 22.3. The third kappa shape index (κ3) is 3.15. The summed E-state index contributed by atoms with van der Waals surface area (Å²) >= 11 is 0. The molecule has 4 atom stereocenters. The Morgan fingerprint density at radius 1 is 1.14 bits per heavy atom. The van der Waals surface area contributed by atoms with E-state index in [1.165, 1.54) is 0 Å². The number of hydrogen-bond donors (Lipinski definition) is 4. The fourth-order valence-electron chi connectivity index (χ4n) is 7.44. The molecular weight excluding hydrogens is 472 g/mol. The molecule has 0 bridgehead atoms. The molecule has 3 aliphatic carbocycles. The maximum atomic E-state index is 14.3. The van der Waals surface area contributed by atoms with E-state index in [9.17, 15) is 34.8 Å². The van der Waals surface area contributed by atoms with Crippen molar-refractivity contribution in [2.75, 3.05) is 0 Å². The number of fused-ring (bicyclic) bond motifs is 3. The van der Waals surface area contributed by atoms with Gasteiger partial charge in [-0.1, -0.05) is 47.5 Å². The van der Waals surface area contributed by atoms with Gasteiger partial charge in [-0.15, -0.1) is 6.42 Å². The van der Waals surface area contributed by atoms with Gasteiger partial charge in [-0.05, 0) is 48.8 Å². The maximum Gasteiger partial charge on any atom is 0.203 e. The minimum atomic E-state index is -2.63. The van der Waals surface area contributed by atoms with Gasteiger partial charge in [0.1, 0.15) is 22.8 Å². The van der Waals surface area contributed by atoms with Crippen LogP contribution in [0.15, 0.2) is 23.0 Å². The van der Waals surface area contributed by atoms with Crippen LogP contribution in [0, 0.1) is 35.0 Å². The Labute approximate surface area is 216 Å². The number of aliphatic hydroxyl groups excluding tert-OH is 2. The summed E-state index contributed by atoms with van der Waals surface area (Å²) in [6, 6.07) is 1.71. The fourth-order valence-corrected chi connectivity index (χ4v) is 7.44. The summed E-state index contributed by atoms with van der Waals surface area (Å²) in [5.74, 6) is -3.09. The van der Waals surface area contributed by atoms with Crippen molar-refractivity contribution in [2.24, 2.45) is 22.7 Å². The quantitative estimate of drug-likeness (QED) is 0.355. The molecule has 7 nitrogen and oxygen atoms in total. The maximum absolute atomic E-state index is 14.3. The van der Waals surface area contributed by atoms with Gasteiger partial charge in [0.2, 0.25) is 5.78 Å². The van der Waals surface area contributed by atoms with Crippen LogP contribution in [0.4, 0.5) is 0 Å². The molecule has 1 saturated carbocycles. The average Bonchev–Trinajstić information content (AvgIpc) is 2.75. The predicted octanol–water partition coefficient (Wildman–Crippen LogP) is 4.29. The van der Waals surface area contributed by atoms with E-state index in [-0.39, 0.29) is 47.1 Å². The third-order valence-electron chi connectivity index (χ3n) is 8.82. The molecule has 0 radical (unpaired) electrons. The number of ketones is 3. The van der Waals surface area contributed by atoms with E-state index < -0.39 is 56.8 Å². The first-order chi connectivity index (χ1) is 17.0. The highest BCUT2D eigenvalue weighted by Gasteiger charge is 2.72. The molecule has 196 valence electrons. The monoisotopic (exact) mass is 506 g/mol. The van der Waals surface area contributed by atoms with Gasteiger partial charge in [0.15, 0.2) is 17.2 Å². The van der Waals surface area contributed by atoms with Crippen molar-refractivity contribution in [3.8, 4) is 18.1 Å². The van der Waals surface area contributed by atoms with E-state index in [1.807, 2.05) is 13.8 Å². The normalized spacial score (nSPS) is 31.3. The number of terminal acetylenes is 1. The second kappa shape index (κ2) is 8.06. The van der Waals surface area contributed by atoms with Gasteiger partial charge >= 0.3 is 0 Å². The minimum Gasteiger partial charge on any atom is -0.508 e. The number of benzene rings is 1. The second-order valence-corrected chi connectivity index (χ2v) is 12.0. The molecule has 4 N–H and O–H groups in total. The van der Waals surface area contributed by atoms with Crippen molar-refractivity contribution in [3.05, 3.63) is 45.2 Å². The average molecular weight is 507 g/mol. The standard InChI is InChI=1S/C30H34O7/c1-9-16-10-17(13(2)3)18-11-28(7)12-29(8)21(14(4)5)24(33)19(15(6)31)26(35)30(29,37)27(36)22(28)25(34)20(18)23(16)32/h1,10,13-14,21,32,34-35,37H,11-12H2,2-8H3/t21?,28-,29-,30+/m1/s1. The Hall–Kier alpha value is -3.37. The first-order valence-electron chi connectivity index (χ1n) is 12.5. The summed E-state index contributed by atoms with van der Waals surface area (Å²) in [5.41, 5.74) is -4.26. The van der Waals surface area contributed by atoms with Crippen molar-refractivity contribution in [2.45, 2.75) is 72.8 Å². The second-order valence-electron chi connectivity index (χ2n) is 12.0. The summed E-state index contributed by atoms with van der Waals surface area (Å²) in [6.07, 6.45) is 5.90. The van der Waals surface area contributed by atoms with Gasteiger partial charge in [0.05, 0.1) is 11.1 Å². The van der Waals surface area contributed by atoms with Crippen LogP contribution in [0.1, 0.15) is 83.1 Å². The van der Waals surface area contributed by atoms with Crippen LogP contribution >= 0.6 is 0 Å². The van der Waals surface area contributed by atoms with E-state index in [0.29, 0.717) is 5.56 Å². The lowest BCUT2D eigenvalue weighted by Crippen LogP contribution is -2.69. The molecule has 7 heteroatoms. The number of carbonyl (C=O) groups is 3. The highest BCUT2D eigenvalue weighted by atomic mass is 16.3. The molecule has 3 aliphatic rings. The van der Waals surface area contributed by atoms with Crippen molar-refractivity contribution >= 4 is 23.1 Å². The van der Waals surface area contributed by atoms with Gasteiger partial charge in [-0.25, -0.2) is 0 Å². The summed E-state index contributed by atoms with van der Waals surface area (Å²) in [4.78, 5) is 40.2. The number of carbonyl (C=O) groups excluding carboxylic acids is 3. The number of aromatic hydroxyl groups is 1. The largest absolute Gasteiger partial charge is 0.508 e. The number of allylic oxidation sites excluding steroid dienone is 1. The van der Waals surface area contributed by atoms with E-state index in [1.54, 1.807) is 33.8 Å². The first kappa shape index (κ1) is 26.7. The number of phenolic OH excluding ortho intramolecular Hbond substituents is 1. The van der Waals surface area contributed by atoms with Crippen LogP contribution in [0.3, 0.4) is 0 Å². The molecule has 0 aliphatic heterocycles. The van der Waals surface area contributed by atoms with Crippen LogP contribution < -0.4 is 0 Å². The molecular formula is C30H34O7. The highest BCUT2D eigenvalue weighted by molar-refractivity contribution is 6.24. The highest BCUT2D eigenvalue weighted by Crippen LogP contribution is 2.65. The summed E-state index contributed by atoms with van der Waals surface area (Å²) in [5, 5.41) is 45.8. The van der Waals surface area contributed by atoms with Gasteiger partial charge in [0.25, 0.3) is 0 Å². The Kier molecular flexibility index (Phi) is 5.82. The van der Waals surface area contributed by atoms with E-state index in [4.69, 9.17) is 6.42 Å². The molecule has 0 heterocycles. The Morgan fingerprint density at radius 2 is 1.73 bits per heavy atom. The van der Waals surface area contributed by atoms with Crippen LogP contribution in [0.2, 0.25) is 0 Å².